The molecule has 1 unspecified atom stereocenters. The van der Waals surface area contributed by atoms with E-state index in [1.165, 1.54) is 12.8 Å². The summed E-state index contributed by atoms with van der Waals surface area (Å²) in [6, 6.07) is 9.99. The lowest BCUT2D eigenvalue weighted by atomic mass is 10.4. The highest BCUT2D eigenvalue weighted by Crippen LogP contribution is 2.21. The molecule has 0 spiro atoms. The molecule has 2 nitrogen and oxygen atoms in total. The van der Waals surface area contributed by atoms with E-state index in [1.807, 2.05) is 30.3 Å². The van der Waals surface area contributed by atoms with E-state index in [-0.39, 0.29) is 0 Å². The van der Waals surface area contributed by atoms with Crippen molar-refractivity contribution >= 4 is 11.4 Å². The highest BCUT2D eigenvalue weighted by Gasteiger charge is 2.27. The zero-order valence-corrected chi connectivity index (χ0v) is 7.51. The third-order valence-electron chi connectivity index (χ3n) is 1.81. The normalized spacial score (nSPS) is 19.1. The van der Waals surface area contributed by atoms with Gasteiger partial charge >= 0.3 is 0 Å². The van der Waals surface area contributed by atoms with Gasteiger partial charge in [0.15, 0.2) is 4.90 Å². The van der Waals surface area contributed by atoms with Gasteiger partial charge in [-0.1, -0.05) is 18.2 Å². The van der Waals surface area contributed by atoms with E-state index in [1.54, 1.807) is 0 Å². The van der Waals surface area contributed by atoms with Crippen LogP contribution in [0.25, 0.3) is 0 Å². The Bertz CT molecular complexity index is 248. The van der Waals surface area contributed by atoms with Gasteiger partial charge in [-0.15, -0.1) is 4.72 Å². The summed E-state index contributed by atoms with van der Waals surface area (Å²) in [7, 11) is 0. The van der Waals surface area contributed by atoms with E-state index >= 15 is 0 Å². The summed E-state index contributed by atoms with van der Waals surface area (Å²) in [6.45, 7) is 0. The SMILES string of the molecule is [O-][S+](NC1CC1)c1ccccc1. The molecule has 1 fully saturated rings. The lowest BCUT2D eigenvalue weighted by molar-refractivity contribution is 0.580. The number of nitrogens with one attached hydrogen (secondary N) is 1. The molecule has 1 saturated carbocycles. The van der Waals surface area contributed by atoms with Crippen molar-refractivity contribution in [3.63, 3.8) is 0 Å². The molecule has 0 aliphatic heterocycles. The molecule has 0 saturated heterocycles. The summed E-state index contributed by atoms with van der Waals surface area (Å²) in [5.74, 6) is 0. The van der Waals surface area contributed by atoms with Gasteiger partial charge in [0.2, 0.25) is 0 Å². The lowest BCUT2D eigenvalue weighted by Gasteiger charge is -2.08. The van der Waals surface area contributed by atoms with Crippen LogP contribution in [-0.2, 0) is 11.4 Å². The Morgan fingerprint density at radius 2 is 1.92 bits per heavy atom. The molecule has 1 atom stereocenters. The second-order valence-corrected chi connectivity index (χ2v) is 4.22. The Morgan fingerprint density at radius 1 is 1.25 bits per heavy atom. The third kappa shape index (κ3) is 2.00. The number of hydrogen-bond acceptors (Lipinski definition) is 2. The molecule has 0 aromatic heterocycles. The highest BCUT2D eigenvalue weighted by atomic mass is 32.2. The van der Waals surface area contributed by atoms with Crippen LogP contribution in [-0.4, -0.2) is 10.6 Å². The standard InChI is InChI=1S/C9H11NOS/c11-12(10-8-6-7-8)9-4-2-1-3-5-9/h1-5,8,10H,6-7H2. The zero-order valence-electron chi connectivity index (χ0n) is 6.69. The van der Waals surface area contributed by atoms with Crippen molar-refractivity contribution in [3.8, 4) is 0 Å². The van der Waals surface area contributed by atoms with Crippen LogP contribution in [0.5, 0.6) is 0 Å². The summed E-state index contributed by atoms with van der Waals surface area (Å²) in [6.07, 6.45) is 2.33. The molecule has 1 aromatic rings. The van der Waals surface area contributed by atoms with Gasteiger partial charge in [0, 0.05) is 0 Å². The summed E-state index contributed by atoms with van der Waals surface area (Å²) in [4.78, 5) is 0.865. The molecular formula is C9H11NOS. The second-order valence-electron chi connectivity index (χ2n) is 2.97. The van der Waals surface area contributed by atoms with Gasteiger partial charge in [0.1, 0.15) is 0 Å². The second kappa shape index (κ2) is 3.47. The Kier molecular flexibility index (Phi) is 2.35. The summed E-state index contributed by atoms with van der Waals surface area (Å²) >= 11 is -1.00. The monoisotopic (exact) mass is 181 g/mol. The van der Waals surface area contributed by atoms with Crippen LogP contribution in [0.15, 0.2) is 35.2 Å². The molecule has 1 N–H and O–H groups in total. The first-order valence-corrected chi connectivity index (χ1v) is 5.24. The molecule has 0 amide bonds. The molecule has 64 valence electrons. The van der Waals surface area contributed by atoms with Crippen molar-refractivity contribution in [3.05, 3.63) is 30.3 Å². The summed E-state index contributed by atoms with van der Waals surface area (Å²) in [5, 5.41) is 0. The first kappa shape index (κ1) is 8.10. The van der Waals surface area contributed by atoms with Crippen LogP contribution in [0, 0.1) is 0 Å². The Labute approximate surface area is 75.3 Å². The fourth-order valence-corrected chi connectivity index (χ4v) is 2.04. The molecule has 0 bridgehead atoms. The van der Waals surface area contributed by atoms with Gasteiger partial charge in [-0.3, -0.25) is 0 Å². The zero-order chi connectivity index (χ0) is 8.39. The molecule has 0 radical (unpaired) electrons. The fourth-order valence-electron chi connectivity index (χ4n) is 0.965. The summed E-state index contributed by atoms with van der Waals surface area (Å²) < 4.78 is 14.5. The van der Waals surface area contributed by atoms with Crippen LogP contribution < -0.4 is 4.72 Å². The van der Waals surface area contributed by atoms with E-state index in [4.69, 9.17) is 0 Å². The van der Waals surface area contributed by atoms with Crippen LogP contribution in [0.3, 0.4) is 0 Å². The van der Waals surface area contributed by atoms with Gasteiger partial charge in [0.25, 0.3) is 0 Å². The largest absolute Gasteiger partial charge is 0.593 e. The maximum Gasteiger partial charge on any atom is 0.173 e. The number of hydrogen-bond donors (Lipinski definition) is 1. The quantitative estimate of drug-likeness (QED) is 0.716. The van der Waals surface area contributed by atoms with Crippen molar-refractivity contribution in [2.75, 3.05) is 0 Å². The highest BCUT2D eigenvalue weighted by molar-refractivity contribution is 7.89. The fraction of sp³-hybridized carbons (Fsp3) is 0.333. The minimum absolute atomic E-state index is 0.492. The predicted octanol–water partition coefficient (Wildman–Crippen LogP) is 1.46. The Hall–Kier alpha value is -0.510. The average molecular weight is 181 g/mol. The van der Waals surface area contributed by atoms with Crippen LogP contribution in [0.2, 0.25) is 0 Å². The Balaban J connectivity index is 1.98. The summed E-state index contributed by atoms with van der Waals surface area (Å²) in [5.41, 5.74) is 0. The molecule has 1 aromatic carbocycles. The third-order valence-corrected chi connectivity index (χ3v) is 3.06. The molecular weight excluding hydrogens is 170 g/mol. The first-order valence-electron chi connectivity index (χ1n) is 4.09. The molecule has 1 aliphatic carbocycles. The van der Waals surface area contributed by atoms with Crippen LogP contribution in [0.4, 0.5) is 0 Å². The van der Waals surface area contributed by atoms with E-state index in [0.717, 1.165) is 4.90 Å². The smallest absolute Gasteiger partial charge is 0.173 e. The minimum atomic E-state index is -1.00. The average Bonchev–Trinajstić information content (AvgIpc) is 2.90. The van der Waals surface area contributed by atoms with Crippen LogP contribution >= 0.6 is 0 Å². The molecule has 12 heavy (non-hydrogen) atoms. The lowest BCUT2D eigenvalue weighted by Crippen LogP contribution is -2.25. The predicted molar refractivity (Wildman–Crippen MR) is 49.0 cm³/mol. The van der Waals surface area contributed by atoms with E-state index in [2.05, 4.69) is 4.72 Å². The van der Waals surface area contributed by atoms with Crippen molar-refractivity contribution in [1.29, 1.82) is 0 Å². The Morgan fingerprint density at radius 3 is 2.50 bits per heavy atom. The first-order chi connectivity index (χ1) is 5.86. The minimum Gasteiger partial charge on any atom is -0.593 e. The van der Waals surface area contributed by atoms with Crippen molar-refractivity contribution in [2.45, 2.75) is 23.8 Å². The number of benzene rings is 1. The molecule has 0 heterocycles. The van der Waals surface area contributed by atoms with Crippen LogP contribution in [0.1, 0.15) is 12.8 Å². The maximum absolute atomic E-state index is 11.5. The van der Waals surface area contributed by atoms with Gasteiger partial charge in [-0.25, -0.2) is 0 Å². The van der Waals surface area contributed by atoms with E-state index in [0.29, 0.717) is 6.04 Å². The maximum atomic E-state index is 11.5. The molecule has 3 heteroatoms. The topological polar surface area (TPSA) is 35.1 Å². The van der Waals surface area contributed by atoms with Gasteiger partial charge in [0.05, 0.1) is 17.4 Å². The molecule has 2 rings (SSSR count). The van der Waals surface area contributed by atoms with E-state index < -0.39 is 11.4 Å². The van der Waals surface area contributed by atoms with Crippen molar-refractivity contribution in [1.82, 2.24) is 4.72 Å². The van der Waals surface area contributed by atoms with Crippen molar-refractivity contribution in [2.24, 2.45) is 0 Å². The van der Waals surface area contributed by atoms with Gasteiger partial charge < -0.3 is 4.55 Å². The van der Waals surface area contributed by atoms with Gasteiger partial charge in [-0.05, 0) is 25.0 Å². The van der Waals surface area contributed by atoms with Gasteiger partial charge in [-0.2, -0.15) is 0 Å². The number of rotatable bonds is 3. The van der Waals surface area contributed by atoms with E-state index in [9.17, 15) is 4.55 Å². The van der Waals surface area contributed by atoms with Crippen molar-refractivity contribution < 1.29 is 4.55 Å². The molecule has 1 aliphatic rings.